The zero-order valence-corrected chi connectivity index (χ0v) is 19.5. The maximum Gasteiger partial charge on any atom is 0.318 e. The van der Waals surface area contributed by atoms with E-state index in [-0.39, 0.29) is 58.4 Å². The third kappa shape index (κ3) is 3.48. The highest BCUT2D eigenvalue weighted by atomic mass is 19.1. The van der Waals surface area contributed by atoms with Crippen LogP contribution in [0.5, 0.6) is 11.9 Å². The molecule has 0 spiro atoms. The van der Waals surface area contributed by atoms with Gasteiger partial charge in [0.05, 0.1) is 25.9 Å². The lowest BCUT2D eigenvalue weighted by molar-refractivity contribution is 0.330. The van der Waals surface area contributed by atoms with Gasteiger partial charge in [0.15, 0.2) is 17.5 Å². The van der Waals surface area contributed by atoms with E-state index in [4.69, 9.17) is 15.2 Å². The smallest absolute Gasteiger partial charge is 0.318 e. The fourth-order valence-electron chi connectivity index (χ4n) is 4.56. The minimum absolute atomic E-state index is 0.0215. The van der Waals surface area contributed by atoms with Crippen LogP contribution < -0.4 is 20.1 Å². The van der Waals surface area contributed by atoms with Gasteiger partial charge in [0, 0.05) is 11.8 Å². The van der Waals surface area contributed by atoms with Gasteiger partial charge in [0.1, 0.15) is 22.8 Å². The molecule has 5 rings (SSSR count). The molecule has 1 aliphatic heterocycles. The van der Waals surface area contributed by atoms with Crippen LogP contribution in [0.1, 0.15) is 43.7 Å². The van der Waals surface area contributed by atoms with Gasteiger partial charge in [-0.15, -0.1) is 0 Å². The number of hydrogen-bond acceptors (Lipinski definition) is 8. The largest absolute Gasteiger partial charge is 0.477 e. The first kappa shape index (κ1) is 22.2. The van der Waals surface area contributed by atoms with Crippen LogP contribution in [0.2, 0.25) is 0 Å². The van der Waals surface area contributed by atoms with Crippen LogP contribution in [0, 0.1) is 18.6 Å². The number of methoxy groups -OCH3 is 1. The summed E-state index contributed by atoms with van der Waals surface area (Å²) in [7, 11) is 1.41. The van der Waals surface area contributed by atoms with Crippen molar-refractivity contribution in [2.45, 2.75) is 45.7 Å². The number of benzene rings is 1. The molecule has 34 heavy (non-hydrogen) atoms. The molecule has 0 amide bonds. The predicted octanol–water partition coefficient (Wildman–Crippen LogP) is 4.38. The topological polar surface area (TPSA) is 98.8 Å². The number of nitrogen functional groups attached to an aromatic ring is 1. The van der Waals surface area contributed by atoms with Crippen molar-refractivity contribution in [3.05, 3.63) is 28.8 Å². The van der Waals surface area contributed by atoms with E-state index in [2.05, 4.69) is 19.9 Å². The quantitative estimate of drug-likeness (QED) is 0.536. The Morgan fingerprint density at radius 1 is 1.18 bits per heavy atom. The Morgan fingerprint density at radius 2 is 1.94 bits per heavy atom. The normalized spacial score (nSPS) is 17.6. The maximum atomic E-state index is 16.2. The molecule has 0 bridgehead atoms. The summed E-state index contributed by atoms with van der Waals surface area (Å²) in [6.07, 6.45) is 3.33. The van der Waals surface area contributed by atoms with Gasteiger partial charge in [0.2, 0.25) is 5.88 Å². The molecule has 2 aliphatic rings. The summed E-state index contributed by atoms with van der Waals surface area (Å²) in [6.45, 7) is 6.28. The molecular formula is C24H26F2N6O2. The summed E-state index contributed by atoms with van der Waals surface area (Å²) in [5.41, 5.74) is 7.26. The minimum atomic E-state index is -0.779. The van der Waals surface area contributed by atoms with E-state index in [9.17, 15) is 0 Å². The number of pyridine rings is 1. The zero-order chi connectivity index (χ0) is 24.1. The van der Waals surface area contributed by atoms with E-state index < -0.39 is 11.6 Å². The molecule has 1 aromatic carbocycles. The van der Waals surface area contributed by atoms with Gasteiger partial charge in [-0.25, -0.2) is 13.8 Å². The standard InChI is InChI=1S/C24H26F2N6O2/c1-5-34-23-17-21(30-24(33-4)31-22(17)32-9-8-28-12(32)3)19(26)20(29-23)16-15(13-6-7-13)11(2)10-14(27)18(16)25/h8,10,12-13H,5-7,9,27H2,1-4H3. The zero-order valence-electron chi connectivity index (χ0n) is 19.5. The molecule has 1 atom stereocenters. The Morgan fingerprint density at radius 3 is 2.56 bits per heavy atom. The van der Waals surface area contributed by atoms with Gasteiger partial charge in [-0.3, -0.25) is 4.99 Å². The number of aryl methyl sites for hydroxylation is 1. The van der Waals surface area contributed by atoms with Gasteiger partial charge in [0.25, 0.3) is 0 Å². The molecule has 2 N–H and O–H groups in total. The van der Waals surface area contributed by atoms with Gasteiger partial charge < -0.3 is 20.1 Å². The van der Waals surface area contributed by atoms with Crippen molar-refractivity contribution >= 4 is 28.6 Å². The first-order valence-electron chi connectivity index (χ1n) is 11.3. The Kier molecular flexibility index (Phi) is 5.45. The number of rotatable bonds is 6. The van der Waals surface area contributed by atoms with Crippen LogP contribution in [0.25, 0.3) is 22.2 Å². The number of anilines is 2. The van der Waals surface area contributed by atoms with Gasteiger partial charge >= 0.3 is 6.01 Å². The van der Waals surface area contributed by atoms with Crippen molar-refractivity contribution in [1.82, 2.24) is 15.0 Å². The first-order chi connectivity index (χ1) is 16.3. The summed E-state index contributed by atoms with van der Waals surface area (Å²) in [6, 6.07) is 1.57. The van der Waals surface area contributed by atoms with E-state index in [0.29, 0.717) is 12.4 Å². The third-order valence-electron chi connectivity index (χ3n) is 6.26. The molecule has 10 heteroatoms. The first-order valence-corrected chi connectivity index (χ1v) is 11.3. The van der Waals surface area contributed by atoms with Crippen molar-refractivity contribution in [3.63, 3.8) is 0 Å². The average molecular weight is 469 g/mol. The summed E-state index contributed by atoms with van der Waals surface area (Å²) < 4.78 is 42.8. The monoisotopic (exact) mass is 468 g/mol. The summed E-state index contributed by atoms with van der Waals surface area (Å²) in [4.78, 5) is 19.5. The second kappa shape index (κ2) is 8.34. The van der Waals surface area contributed by atoms with Crippen molar-refractivity contribution in [3.8, 4) is 23.1 Å². The molecule has 0 saturated heterocycles. The van der Waals surface area contributed by atoms with Crippen LogP contribution in [0.3, 0.4) is 0 Å². The maximum absolute atomic E-state index is 16.2. The lowest BCUT2D eigenvalue weighted by Gasteiger charge is -2.24. The fraction of sp³-hybridized carbons (Fsp3) is 0.417. The lowest BCUT2D eigenvalue weighted by Crippen LogP contribution is -2.29. The molecular weight excluding hydrogens is 442 g/mol. The Bertz CT molecular complexity index is 1330. The minimum Gasteiger partial charge on any atom is -0.477 e. The molecule has 2 aromatic heterocycles. The second-order valence-electron chi connectivity index (χ2n) is 8.55. The molecule has 1 unspecified atom stereocenters. The molecule has 178 valence electrons. The highest BCUT2D eigenvalue weighted by Crippen LogP contribution is 2.49. The number of ether oxygens (including phenoxy) is 2. The van der Waals surface area contributed by atoms with Crippen molar-refractivity contribution in [1.29, 1.82) is 0 Å². The van der Waals surface area contributed by atoms with E-state index in [0.717, 1.165) is 24.0 Å². The summed E-state index contributed by atoms with van der Waals surface area (Å²) in [5, 5.41) is 0.287. The Balaban J connectivity index is 1.86. The summed E-state index contributed by atoms with van der Waals surface area (Å²) >= 11 is 0. The second-order valence-corrected chi connectivity index (χ2v) is 8.55. The molecule has 1 fully saturated rings. The van der Waals surface area contributed by atoms with Crippen molar-refractivity contribution in [2.75, 3.05) is 30.9 Å². The predicted molar refractivity (Wildman–Crippen MR) is 127 cm³/mol. The Hall–Kier alpha value is -3.56. The molecule has 8 nitrogen and oxygen atoms in total. The van der Waals surface area contributed by atoms with Crippen LogP contribution in [0.15, 0.2) is 11.1 Å². The Labute approximate surface area is 195 Å². The number of hydrogen-bond donors (Lipinski definition) is 1. The van der Waals surface area contributed by atoms with Crippen LogP contribution in [-0.4, -0.2) is 47.6 Å². The van der Waals surface area contributed by atoms with E-state index in [1.54, 1.807) is 19.2 Å². The van der Waals surface area contributed by atoms with Crippen molar-refractivity contribution in [2.24, 2.45) is 4.99 Å². The average Bonchev–Trinajstić information content (AvgIpc) is 3.56. The molecule has 0 radical (unpaired) electrons. The van der Waals surface area contributed by atoms with E-state index >= 15 is 8.78 Å². The molecule has 3 heterocycles. The highest BCUT2D eigenvalue weighted by Gasteiger charge is 2.34. The van der Waals surface area contributed by atoms with Crippen LogP contribution in [0.4, 0.5) is 20.3 Å². The number of halogens is 2. The molecule has 1 saturated carbocycles. The number of aliphatic imine (C=N–C) groups is 1. The number of fused-ring (bicyclic) bond motifs is 1. The molecule has 1 aliphatic carbocycles. The van der Waals surface area contributed by atoms with Gasteiger partial charge in [-0.05, 0) is 56.7 Å². The number of nitrogens with zero attached hydrogens (tertiary/aromatic N) is 5. The summed E-state index contributed by atoms with van der Waals surface area (Å²) in [5.74, 6) is -0.829. The fourth-order valence-corrected chi connectivity index (χ4v) is 4.56. The molecule has 3 aromatic rings. The van der Waals surface area contributed by atoms with Crippen LogP contribution in [-0.2, 0) is 0 Å². The van der Waals surface area contributed by atoms with Gasteiger partial charge in [-0.2, -0.15) is 9.97 Å². The van der Waals surface area contributed by atoms with Gasteiger partial charge in [-0.1, -0.05) is 0 Å². The van der Waals surface area contributed by atoms with Crippen molar-refractivity contribution < 1.29 is 18.3 Å². The number of aromatic nitrogens is 3. The SMILES string of the molecule is CCOc1nc(-c2c(F)c(N)cc(C)c2C2CC2)c(F)c2nc(OC)nc(N3CC=NC3C)c12. The number of nitrogens with two attached hydrogens (primary N) is 1. The highest BCUT2D eigenvalue weighted by molar-refractivity contribution is 5.98. The third-order valence-corrected chi connectivity index (χ3v) is 6.26. The van der Waals surface area contributed by atoms with Crippen LogP contribution >= 0.6 is 0 Å². The lowest BCUT2D eigenvalue weighted by atomic mass is 9.93. The van der Waals surface area contributed by atoms with E-state index in [1.807, 2.05) is 18.7 Å². The van der Waals surface area contributed by atoms with E-state index in [1.165, 1.54) is 7.11 Å².